The van der Waals surface area contributed by atoms with Crippen molar-refractivity contribution in [2.75, 3.05) is 12.4 Å². The average molecular weight is 275 g/mol. The molecule has 0 amide bonds. The fraction of sp³-hybridized carbons (Fsp3) is 0.273. The Hall–Kier alpha value is -2.22. The number of aromatic nitrogens is 6. The van der Waals surface area contributed by atoms with Crippen molar-refractivity contribution in [2.24, 2.45) is 0 Å². The van der Waals surface area contributed by atoms with Gasteiger partial charge in [0.15, 0.2) is 5.13 Å². The van der Waals surface area contributed by atoms with E-state index in [1.165, 1.54) is 0 Å². The third-order valence-electron chi connectivity index (χ3n) is 2.77. The van der Waals surface area contributed by atoms with Crippen LogP contribution in [0.5, 0.6) is 0 Å². The average Bonchev–Trinajstić information content (AvgIpc) is 3.12. The first-order valence-electron chi connectivity index (χ1n) is 5.79. The summed E-state index contributed by atoms with van der Waals surface area (Å²) in [6.45, 7) is 2.64. The summed E-state index contributed by atoms with van der Waals surface area (Å²) in [5.74, 6) is 0. The summed E-state index contributed by atoms with van der Waals surface area (Å²) >= 11 is 1.55. The van der Waals surface area contributed by atoms with Gasteiger partial charge in [-0.15, -0.1) is 16.4 Å². The highest BCUT2D eigenvalue weighted by Gasteiger charge is 2.09. The molecule has 0 aromatic carbocycles. The van der Waals surface area contributed by atoms with Crippen molar-refractivity contribution in [1.82, 2.24) is 30.2 Å². The molecule has 0 atom stereocenters. The van der Waals surface area contributed by atoms with Crippen LogP contribution in [0, 0.1) is 6.92 Å². The molecule has 8 heteroatoms. The van der Waals surface area contributed by atoms with E-state index < -0.39 is 0 Å². The van der Waals surface area contributed by atoms with Gasteiger partial charge in [-0.1, -0.05) is 5.21 Å². The van der Waals surface area contributed by atoms with Crippen LogP contribution in [0.4, 0.5) is 5.13 Å². The predicted octanol–water partition coefficient (Wildman–Crippen LogP) is 1.52. The van der Waals surface area contributed by atoms with Gasteiger partial charge in [-0.3, -0.25) is 5.10 Å². The highest BCUT2D eigenvalue weighted by atomic mass is 32.1. The van der Waals surface area contributed by atoms with Crippen molar-refractivity contribution in [3.05, 3.63) is 29.0 Å². The Morgan fingerprint density at radius 2 is 2.32 bits per heavy atom. The minimum atomic E-state index is 0.627. The number of nitrogens with one attached hydrogen (secondary N) is 2. The number of aryl methyl sites for hydroxylation is 1. The number of anilines is 1. The summed E-state index contributed by atoms with van der Waals surface area (Å²) < 4.78 is 1.77. The second-order valence-electron chi connectivity index (χ2n) is 4.12. The van der Waals surface area contributed by atoms with Crippen LogP contribution < -0.4 is 5.32 Å². The number of thiazole rings is 1. The van der Waals surface area contributed by atoms with E-state index in [1.807, 2.05) is 25.5 Å². The van der Waals surface area contributed by atoms with E-state index in [4.69, 9.17) is 0 Å². The van der Waals surface area contributed by atoms with Crippen LogP contribution in [-0.2, 0) is 6.54 Å². The molecule has 98 valence electrons. The van der Waals surface area contributed by atoms with E-state index in [2.05, 4.69) is 30.8 Å². The first-order valence-corrected chi connectivity index (χ1v) is 6.67. The predicted molar refractivity (Wildman–Crippen MR) is 73.1 cm³/mol. The number of hydrogen-bond donors (Lipinski definition) is 2. The standard InChI is InChI=1S/C11H13N7S/c1-7-3-13-15-8(7)4-18-5-9(16-17-18)10-6-19-11(12-2)14-10/h3,5-6H,4H2,1-2H3,(H,12,14)(H,13,15). The van der Waals surface area contributed by atoms with E-state index in [0.717, 1.165) is 27.8 Å². The van der Waals surface area contributed by atoms with Crippen molar-refractivity contribution < 1.29 is 0 Å². The normalized spacial score (nSPS) is 10.8. The second-order valence-corrected chi connectivity index (χ2v) is 4.98. The van der Waals surface area contributed by atoms with E-state index in [0.29, 0.717) is 6.54 Å². The van der Waals surface area contributed by atoms with E-state index >= 15 is 0 Å². The Morgan fingerprint density at radius 3 is 3.00 bits per heavy atom. The lowest BCUT2D eigenvalue weighted by Gasteiger charge is -1.97. The Balaban J connectivity index is 1.81. The van der Waals surface area contributed by atoms with Crippen LogP contribution in [0.25, 0.3) is 11.4 Å². The molecule has 0 bridgehead atoms. The van der Waals surface area contributed by atoms with Gasteiger partial charge in [0.05, 0.1) is 24.6 Å². The molecule has 3 aromatic rings. The van der Waals surface area contributed by atoms with Gasteiger partial charge >= 0.3 is 0 Å². The fourth-order valence-corrected chi connectivity index (χ4v) is 2.36. The van der Waals surface area contributed by atoms with Gasteiger partial charge in [-0.05, 0) is 12.5 Å². The lowest BCUT2D eigenvalue weighted by atomic mass is 10.3. The fourth-order valence-electron chi connectivity index (χ4n) is 1.69. The molecule has 19 heavy (non-hydrogen) atoms. The molecule has 0 aliphatic heterocycles. The molecule has 0 saturated heterocycles. The van der Waals surface area contributed by atoms with E-state index in [9.17, 15) is 0 Å². The molecule has 0 saturated carbocycles. The summed E-state index contributed by atoms with van der Waals surface area (Å²) in [5, 5.41) is 21.0. The zero-order chi connectivity index (χ0) is 13.2. The largest absolute Gasteiger partial charge is 0.365 e. The first kappa shape index (κ1) is 11.8. The van der Waals surface area contributed by atoms with Gasteiger partial charge in [0.1, 0.15) is 11.4 Å². The highest BCUT2D eigenvalue weighted by Crippen LogP contribution is 2.22. The number of rotatable bonds is 4. The third kappa shape index (κ3) is 2.34. The Morgan fingerprint density at radius 1 is 1.42 bits per heavy atom. The van der Waals surface area contributed by atoms with Crippen molar-refractivity contribution in [3.63, 3.8) is 0 Å². The van der Waals surface area contributed by atoms with Crippen molar-refractivity contribution in [3.8, 4) is 11.4 Å². The molecule has 0 fully saturated rings. The summed E-state index contributed by atoms with van der Waals surface area (Å²) in [4.78, 5) is 4.40. The molecule has 3 heterocycles. The zero-order valence-corrected chi connectivity index (χ0v) is 11.4. The number of nitrogens with zero attached hydrogens (tertiary/aromatic N) is 5. The van der Waals surface area contributed by atoms with E-state index in [1.54, 1.807) is 22.2 Å². The van der Waals surface area contributed by atoms with Crippen LogP contribution in [0.3, 0.4) is 0 Å². The maximum absolute atomic E-state index is 4.40. The molecule has 0 spiro atoms. The monoisotopic (exact) mass is 275 g/mol. The van der Waals surface area contributed by atoms with E-state index in [-0.39, 0.29) is 0 Å². The SMILES string of the molecule is CNc1nc(-c2cn(Cc3[nH]ncc3C)nn2)cs1. The molecule has 3 aromatic heterocycles. The van der Waals surface area contributed by atoms with Gasteiger partial charge in [-0.25, -0.2) is 9.67 Å². The topological polar surface area (TPSA) is 84.3 Å². The Kier molecular flexibility index (Phi) is 3.00. The molecule has 0 radical (unpaired) electrons. The lowest BCUT2D eigenvalue weighted by Crippen LogP contribution is -2.02. The minimum absolute atomic E-state index is 0.627. The molecule has 3 rings (SSSR count). The second kappa shape index (κ2) is 4.81. The van der Waals surface area contributed by atoms with Crippen LogP contribution in [0.2, 0.25) is 0 Å². The molecule has 0 unspecified atom stereocenters. The lowest BCUT2D eigenvalue weighted by molar-refractivity contribution is 0.635. The van der Waals surface area contributed by atoms with Gasteiger partial charge in [-0.2, -0.15) is 5.10 Å². The summed E-state index contributed by atoms with van der Waals surface area (Å²) in [6, 6.07) is 0. The molecule has 0 aliphatic rings. The van der Waals surface area contributed by atoms with Crippen molar-refractivity contribution >= 4 is 16.5 Å². The molecule has 7 nitrogen and oxygen atoms in total. The first-order chi connectivity index (χ1) is 9.26. The smallest absolute Gasteiger partial charge is 0.183 e. The third-order valence-corrected chi connectivity index (χ3v) is 3.63. The van der Waals surface area contributed by atoms with Crippen molar-refractivity contribution in [2.45, 2.75) is 13.5 Å². The minimum Gasteiger partial charge on any atom is -0.365 e. The molecule has 2 N–H and O–H groups in total. The van der Waals surface area contributed by atoms with Crippen LogP contribution in [0.15, 0.2) is 17.8 Å². The van der Waals surface area contributed by atoms with Gasteiger partial charge in [0.2, 0.25) is 0 Å². The summed E-state index contributed by atoms with van der Waals surface area (Å²) in [6.07, 6.45) is 3.68. The van der Waals surface area contributed by atoms with Gasteiger partial charge in [0, 0.05) is 12.4 Å². The molecular formula is C11H13N7S. The molecule has 0 aliphatic carbocycles. The van der Waals surface area contributed by atoms with Gasteiger partial charge in [0.25, 0.3) is 0 Å². The van der Waals surface area contributed by atoms with Crippen LogP contribution >= 0.6 is 11.3 Å². The quantitative estimate of drug-likeness (QED) is 0.754. The number of H-pyrrole nitrogens is 1. The summed E-state index contributed by atoms with van der Waals surface area (Å²) in [5.41, 5.74) is 3.76. The maximum Gasteiger partial charge on any atom is 0.183 e. The number of hydrogen-bond acceptors (Lipinski definition) is 6. The maximum atomic E-state index is 4.40. The van der Waals surface area contributed by atoms with Crippen LogP contribution in [-0.4, -0.2) is 37.2 Å². The number of aromatic amines is 1. The Bertz CT molecular complexity index is 681. The van der Waals surface area contributed by atoms with Crippen molar-refractivity contribution in [1.29, 1.82) is 0 Å². The highest BCUT2D eigenvalue weighted by molar-refractivity contribution is 7.14. The van der Waals surface area contributed by atoms with Crippen LogP contribution in [0.1, 0.15) is 11.3 Å². The molecular weight excluding hydrogens is 262 g/mol. The van der Waals surface area contributed by atoms with Gasteiger partial charge < -0.3 is 5.32 Å². The zero-order valence-electron chi connectivity index (χ0n) is 10.6. The summed E-state index contributed by atoms with van der Waals surface area (Å²) in [7, 11) is 1.85. The Labute approximate surface area is 113 Å².